The van der Waals surface area contributed by atoms with E-state index in [1.807, 2.05) is 0 Å². The molecular formula is C32H64Cl2. The van der Waals surface area contributed by atoms with Crippen LogP contribution in [0.2, 0.25) is 0 Å². The molecule has 0 fully saturated rings. The van der Waals surface area contributed by atoms with Gasteiger partial charge in [0.05, 0.1) is 0 Å². The monoisotopic (exact) mass is 518 g/mol. The van der Waals surface area contributed by atoms with Crippen molar-refractivity contribution in [2.24, 2.45) is 0 Å². The van der Waals surface area contributed by atoms with Crippen molar-refractivity contribution in [2.75, 3.05) is 0 Å². The van der Waals surface area contributed by atoms with Crippen LogP contribution in [0.5, 0.6) is 0 Å². The van der Waals surface area contributed by atoms with Gasteiger partial charge < -0.3 is 0 Å². The first-order chi connectivity index (χ1) is 16.8. The minimum Gasteiger partial charge on any atom is -0.105 e. The van der Waals surface area contributed by atoms with E-state index >= 15 is 0 Å². The highest BCUT2D eigenvalue weighted by molar-refractivity contribution is 6.44. The molecule has 0 spiro atoms. The molecule has 0 nitrogen and oxygen atoms in total. The van der Waals surface area contributed by atoms with Crippen molar-refractivity contribution in [1.82, 2.24) is 0 Å². The molecular weight excluding hydrogens is 455 g/mol. The second kappa shape index (κ2) is 31.6. The fraction of sp³-hybridized carbons (Fsp3) is 1.00. The van der Waals surface area contributed by atoms with Crippen molar-refractivity contribution in [1.29, 1.82) is 0 Å². The van der Waals surface area contributed by atoms with Crippen LogP contribution in [0.1, 0.15) is 200 Å². The van der Waals surface area contributed by atoms with E-state index in [2.05, 4.69) is 6.92 Å². The van der Waals surface area contributed by atoms with Crippen LogP contribution < -0.4 is 0 Å². The van der Waals surface area contributed by atoms with E-state index in [-0.39, 0.29) is 4.84 Å². The maximum atomic E-state index is 5.76. The predicted molar refractivity (Wildman–Crippen MR) is 160 cm³/mol. The molecule has 0 heterocycles. The minimum absolute atomic E-state index is 0.158. The van der Waals surface area contributed by atoms with Crippen LogP contribution in [0.25, 0.3) is 0 Å². The van der Waals surface area contributed by atoms with Crippen molar-refractivity contribution in [3.8, 4) is 0 Å². The number of halogens is 2. The molecule has 34 heavy (non-hydrogen) atoms. The topological polar surface area (TPSA) is 0 Å². The van der Waals surface area contributed by atoms with E-state index < -0.39 is 0 Å². The summed E-state index contributed by atoms with van der Waals surface area (Å²) in [4.78, 5) is -0.158. The quantitative estimate of drug-likeness (QED) is 0.0654. The highest BCUT2D eigenvalue weighted by Gasteiger charge is 1.99. The molecule has 0 amide bonds. The normalized spacial score (nSPS) is 11.6. The number of rotatable bonds is 30. The lowest BCUT2D eigenvalue weighted by molar-refractivity contribution is 0.513. The summed E-state index contributed by atoms with van der Waals surface area (Å²) in [6.45, 7) is 2.30. The molecule has 0 aromatic carbocycles. The van der Waals surface area contributed by atoms with Gasteiger partial charge in [-0.25, -0.2) is 0 Å². The van der Waals surface area contributed by atoms with E-state index in [0.717, 1.165) is 6.42 Å². The Balaban J connectivity index is 3.00. The highest BCUT2D eigenvalue weighted by Crippen LogP contribution is 2.17. The molecule has 0 radical (unpaired) electrons. The maximum Gasteiger partial charge on any atom is 0.107 e. The molecule has 2 heteroatoms. The first-order valence-corrected chi connectivity index (χ1v) is 16.9. The Morgan fingerprint density at radius 2 is 0.471 bits per heavy atom. The molecule has 0 saturated carbocycles. The zero-order valence-electron chi connectivity index (χ0n) is 23.5. The van der Waals surface area contributed by atoms with Gasteiger partial charge in [0.15, 0.2) is 0 Å². The first-order valence-electron chi connectivity index (χ1n) is 16.1. The molecule has 0 aromatic rings. The summed E-state index contributed by atoms with van der Waals surface area (Å²) in [6, 6.07) is 0. The zero-order chi connectivity index (χ0) is 24.8. The van der Waals surface area contributed by atoms with Crippen LogP contribution >= 0.6 is 23.2 Å². The largest absolute Gasteiger partial charge is 0.107 e. The van der Waals surface area contributed by atoms with Gasteiger partial charge >= 0.3 is 0 Å². The van der Waals surface area contributed by atoms with Crippen molar-refractivity contribution in [3.05, 3.63) is 0 Å². The number of alkyl halides is 2. The van der Waals surface area contributed by atoms with Crippen molar-refractivity contribution in [2.45, 2.75) is 204 Å². The van der Waals surface area contributed by atoms with Gasteiger partial charge in [-0.15, -0.1) is 23.2 Å². The standard InChI is InChI=1S/C32H64Cl2/c1-2-3-4-5-6-7-8-9-10-11-12-13-14-15-16-17-18-19-20-21-22-23-24-25-26-27-28-29-30-31-32(33)34/h32H,2-31H2,1H3. The predicted octanol–water partition coefficient (Wildman–Crippen LogP) is 13.5. The van der Waals surface area contributed by atoms with E-state index in [1.165, 1.54) is 186 Å². The second-order valence-electron chi connectivity index (χ2n) is 11.1. The van der Waals surface area contributed by atoms with Crippen LogP contribution in [0.4, 0.5) is 0 Å². The van der Waals surface area contributed by atoms with Crippen molar-refractivity contribution < 1.29 is 0 Å². The lowest BCUT2D eigenvalue weighted by atomic mass is 10.0. The van der Waals surface area contributed by atoms with E-state index in [4.69, 9.17) is 23.2 Å². The van der Waals surface area contributed by atoms with Crippen LogP contribution in [0.15, 0.2) is 0 Å². The summed E-state index contributed by atoms with van der Waals surface area (Å²) in [7, 11) is 0. The average Bonchev–Trinajstić information content (AvgIpc) is 2.83. The van der Waals surface area contributed by atoms with Gasteiger partial charge in [0.25, 0.3) is 0 Å². The fourth-order valence-electron chi connectivity index (χ4n) is 5.14. The summed E-state index contributed by atoms with van der Waals surface area (Å²) >= 11 is 11.5. The Bertz CT molecular complexity index is 342. The Hall–Kier alpha value is 0.580. The minimum atomic E-state index is -0.158. The average molecular weight is 520 g/mol. The second-order valence-corrected chi connectivity index (χ2v) is 12.4. The van der Waals surface area contributed by atoms with Crippen LogP contribution in [0, 0.1) is 0 Å². The SMILES string of the molecule is CCCCCCCCCCCCCCCCCCCCCCCCCCCCCCCC(Cl)Cl. The lowest BCUT2D eigenvalue weighted by Gasteiger charge is -2.05. The van der Waals surface area contributed by atoms with E-state index in [1.54, 1.807) is 0 Å². The molecule has 0 atom stereocenters. The summed E-state index contributed by atoms with van der Waals surface area (Å²) in [5.74, 6) is 0. The summed E-state index contributed by atoms with van der Waals surface area (Å²) in [5.41, 5.74) is 0. The Morgan fingerprint density at radius 1 is 0.294 bits per heavy atom. The van der Waals surface area contributed by atoms with Gasteiger partial charge in [-0.2, -0.15) is 0 Å². The van der Waals surface area contributed by atoms with Crippen molar-refractivity contribution in [3.63, 3.8) is 0 Å². The van der Waals surface area contributed by atoms with Crippen LogP contribution in [-0.4, -0.2) is 4.84 Å². The molecule has 0 aromatic heterocycles. The lowest BCUT2D eigenvalue weighted by Crippen LogP contribution is -1.87. The summed E-state index contributed by atoms with van der Waals surface area (Å²) < 4.78 is 0. The molecule has 206 valence electrons. The molecule has 0 aliphatic rings. The maximum absolute atomic E-state index is 5.76. The summed E-state index contributed by atoms with van der Waals surface area (Å²) in [6.07, 6.45) is 42.9. The number of unbranched alkanes of at least 4 members (excludes halogenated alkanes) is 28. The smallest absolute Gasteiger partial charge is 0.105 e. The number of hydrogen-bond donors (Lipinski definition) is 0. The van der Waals surface area contributed by atoms with Crippen LogP contribution in [0.3, 0.4) is 0 Å². The molecule has 0 unspecified atom stereocenters. The summed E-state index contributed by atoms with van der Waals surface area (Å²) in [5, 5.41) is 0. The molecule has 0 saturated heterocycles. The van der Waals surface area contributed by atoms with Gasteiger partial charge in [-0.05, 0) is 6.42 Å². The molecule has 0 aliphatic heterocycles. The third-order valence-electron chi connectivity index (χ3n) is 7.53. The van der Waals surface area contributed by atoms with Crippen molar-refractivity contribution >= 4 is 23.2 Å². The zero-order valence-corrected chi connectivity index (χ0v) is 25.1. The van der Waals surface area contributed by atoms with E-state index in [0.29, 0.717) is 0 Å². The van der Waals surface area contributed by atoms with Gasteiger partial charge in [-0.3, -0.25) is 0 Å². The third-order valence-corrected chi connectivity index (χ3v) is 7.96. The molecule has 0 aliphatic carbocycles. The van der Waals surface area contributed by atoms with Gasteiger partial charge in [0.1, 0.15) is 4.84 Å². The van der Waals surface area contributed by atoms with Gasteiger partial charge in [0.2, 0.25) is 0 Å². The Labute approximate surface area is 227 Å². The molecule has 0 bridgehead atoms. The molecule has 0 N–H and O–H groups in total. The Morgan fingerprint density at radius 3 is 0.647 bits per heavy atom. The third kappa shape index (κ3) is 32.6. The Kier molecular flexibility index (Phi) is 32.1. The first kappa shape index (κ1) is 34.6. The highest BCUT2D eigenvalue weighted by atomic mass is 35.5. The fourth-order valence-corrected chi connectivity index (χ4v) is 5.45. The number of hydrogen-bond acceptors (Lipinski definition) is 0. The van der Waals surface area contributed by atoms with Gasteiger partial charge in [0, 0.05) is 0 Å². The van der Waals surface area contributed by atoms with Crippen LogP contribution in [-0.2, 0) is 0 Å². The van der Waals surface area contributed by atoms with Gasteiger partial charge in [-0.1, -0.05) is 193 Å². The van der Waals surface area contributed by atoms with E-state index in [9.17, 15) is 0 Å². The molecule has 0 rings (SSSR count).